The summed E-state index contributed by atoms with van der Waals surface area (Å²) in [7, 11) is 0. The molecule has 1 aliphatic rings. The molecular formula is C15H19F3N2O. The van der Waals surface area contributed by atoms with Crippen molar-refractivity contribution in [1.82, 2.24) is 10.2 Å². The van der Waals surface area contributed by atoms with Crippen molar-refractivity contribution in [3.05, 3.63) is 35.4 Å². The third kappa shape index (κ3) is 4.20. The van der Waals surface area contributed by atoms with Crippen molar-refractivity contribution in [3.63, 3.8) is 0 Å². The number of carbonyl (C=O) groups is 1. The quantitative estimate of drug-likeness (QED) is 0.927. The van der Waals surface area contributed by atoms with Crippen molar-refractivity contribution in [3.8, 4) is 0 Å². The van der Waals surface area contributed by atoms with Gasteiger partial charge in [-0.25, -0.2) is 0 Å². The molecule has 6 heteroatoms. The summed E-state index contributed by atoms with van der Waals surface area (Å²) in [5, 5.41) is 3.00. The molecule has 0 saturated carbocycles. The van der Waals surface area contributed by atoms with Gasteiger partial charge in [-0.05, 0) is 37.5 Å². The van der Waals surface area contributed by atoms with Crippen LogP contribution in [0.3, 0.4) is 0 Å². The number of alkyl halides is 3. The van der Waals surface area contributed by atoms with Crippen LogP contribution in [0.5, 0.6) is 0 Å². The number of rotatable bonds is 4. The van der Waals surface area contributed by atoms with E-state index in [1.54, 1.807) is 17.9 Å². The van der Waals surface area contributed by atoms with Gasteiger partial charge in [-0.2, -0.15) is 13.2 Å². The smallest absolute Gasteiger partial charge is 0.342 e. The first-order valence-corrected chi connectivity index (χ1v) is 7.06. The minimum atomic E-state index is -4.35. The molecule has 116 valence electrons. The molecule has 1 amide bonds. The third-order valence-corrected chi connectivity index (χ3v) is 3.73. The van der Waals surface area contributed by atoms with E-state index in [9.17, 15) is 18.0 Å². The molecule has 21 heavy (non-hydrogen) atoms. The lowest BCUT2D eigenvalue weighted by Crippen LogP contribution is -2.37. The summed E-state index contributed by atoms with van der Waals surface area (Å²) in [4.78, 5) is 13.7. The Morgan fingerprint density at radius 3 is 2.62 bits per heavy atom. The average molecular weight is 300 g/mol. The van der Waals surface area contributed by atoms with Crippen LogP contribution in [0.25, 0.3) is 0 Å². The zero-order valence-corrected chi connectivity index (χ0v) is 11.9. The Kier molecular flexibility index (Phi) is 4.88. The largest absolute Gasteiger partial charge is 0.416 e. The molecular weight excluding hydrogens is 281 g/mol. The fraction of sp³-hybridized carbons (Fsp3) is 0.533. The molecule has 1 N–H and O–H groups in total. The molecule has 1 aliphatic heterocycles. The van der Waals surface area contributed by atoms with Gasteiger partial charge in [-0.3, -0.25) is 4.79 Å². The van der Waals surface area contributed by atoms with Crippen LogP contribution in [0, 0.1) is 0 Å². The second kappa shape index (κ2) is 6.47. The lowest BCUT2D eigenvalue weighted by atomic mass is 10.0. The van der Waals surface area contributed by atoms with Crippen LogP contribution in [-0.2, 0) is 11.0 Å². The molecule has 1 heterocycles. The normalized spacial score (nSPS) is 17.0. The Hall–Kier alpha value is -1.56. The number of likely N-dealkylation sites (tertiary alicyclic amines) is 1. The highest BCUT2D eigenvalue weighted by molar-refractivity contribution is 5.78. The lowest BCUT2D eigenvalue weighted by Gasteiger charge is -2.19. The van der Waals surface area contributed by atoms with E-state index in [0.29, 0.717) is 5.56 Å². The van der Waals surface area contributed by atoms with E-state index < -0.39 is 11.7 Å². The highest BCUT2D eigenvalue weighted by Crippen LogP contribution is 2.30. The summed E-state index contributed by atoms with van der Waals surface area (Å²) in [6, 6.07) is 4.88. The van der Waals surface area contributed by atoms with Crippen LogP contribution in [0.2, 0.25) is 0 Å². The van der Waals surface area contributed by atoms with Gasteiger partial charge in [0, 0.05) is 19.1 Å². The Balaban J connectivity index is 1.94. The van der Waals surface area contributed by atoms with Crippen LogP contribution >= 0.6 is 0 Å². The van der Waals surface area contributed by atoms with Crippen LogP contribution < -0.4 is 5.32 Å². The van der Waals surface area contributed by atoms with Gasteiger partial charge in [0.1, 0.15) is 0 Å². The monoisotopic (exact) mass is 300 g/mol. The maximum absolute atomic E-state index is 12.7. The molecule has 2 rings (SSSR count). The first kappa shape index (κ1) is 15.8. The minimum Gasteiger partial charge on any atom is -0.342 e. The first-order valence-electron chi connectivity index (χ1n) is 7.06. The van der Waals surface area contributed by atoms with Crippen LogP contribution in [0.1, 0.15) is 36.9 Å². The highest BCUT2D eigenvalue weighted by atomic mass is 19.4. The Morgan fingerprint density at radius 1 is 1.33 bits per heavy atom. The summed E-state index contributed by atoms with van der Waals surface area (Å²) in [6.07, 6.45) is -2.30. The van der Waals surface area contributed by atoms with Crippen LogP contribution in [0.15, 0.2) is 24.3 Å². The van der Waals surface area contributed by atoms with Crippen molar-refractivity contribution in [1.29, 1.82) is 0 Å². The van der Waals surface area contributed by atoms with Gasteiger partial charge in [-0.15, -0.1) is 0 Å². The first-order chi connectivity index (χ1) is 9.88. The van der Waals surface area contributed by atoms with E-state index >= 15 is 0 Å². The van der Waals surface area contributed by atoms with E-state index in [4.69, 9.17) is 0 Å². The number of nitrogens with one attached hydrogen (secondary N) is 1. The van der Waals surface area contributed by atoms with Crippen molar-refractivity contribution < 1.29 is 18.0 Å². The Morgan fingerprint density at radius 2 is 2.00 bits per heavy atom. The summed E-state index contributed by atoms with van der Waals surface area (Å²) >= 11 is 0. The van der Waals surface area contributed by atoms with Gasteiger partial charge in [0.25, 0.3) is 0 Å². The zero-order valence-electron chi connectivity index (χ0n) is 11.9. The molecule has 0 aliphatic carbocycles. The van der Waals surface area contributed by atoms with Crippen molar-refractivity contribution in [2.24, 2.45) is 0 Å². The molecule has 1 unspecified atom stereocenters. The van der Waals surface area contributed by atoms with Gasteiger partial charge in [0.2, 0.25) is 5.91 Å². The number of hydrogen-bond acceptors (Lipinski definition) is 2. The summed E-state index contributed by atoms with van der Waals surface area (Å²) < 4.78 is 38.0. The standard InChI is InChI=1S/C15H19F3N2O/c1-11(19-10-14(21)20-7-2-3-8-20)12-5-4-6-13(9-12)15(16,17)18/h4-6,9,11,19H,2-3,7-8,10H2,1H3. The summed E-state index contributed by atoms with van der Waals surface area (Å²) in [5.74, 6) is 0.00586. The number of benzene rings is 1. The number of carbonyl (C=O) groups excluding carboxylic acids is 1. The Labute approximate surface area is 122 Å². The van der Waals surface area contributed by atoms with Gasteiger partial charge in [-0.1, -0.05) is 12.1 Å². The predicted octanol–water partition coefficient (Wildman–Crippen LogP) is 2.98. The van der Waals surface area contributed by atoms with Crippen LogP contribution in [-0.4, -0.2) is 30.4 Å². The Bertz CT molecular complexity index is 496. The van der Waals surface area contributed by atoms with E-state index in [1.807, 2.05) is 0 Å². The molecule has 1 atom stereocenters. The van der Waals surface area contributed by atoms with E-state index in [-0.39, 0.29) is 18.5 Å². The van der Waals surface area contributed by atoms with Crippen LogP contribution in [0.4, 0.5) is 13.2 Å². The van der Waals surface area contributed by atoms with Crippen molar-refractivity contribution in [2.45, 2.75) is 32.0 Å². The average Bonchev–Trinajstić information content (AvgIpc) is 2.98. The SMILES string of the molecule is CC(NCC(=O)N1CCCC1)c1cccc(C(F)(F)F)c1. The molecule has 1 fully saturated rings. The van der Waals surface area contributed by atoms with Crippen molar-refractivity contribution >= 4 is 5.91 Å². The van der Waals surface area contributed by atoms with E-state index in [1.165, 1.54) is 6.07 Å². The van der Waals surface area contributed by atoms with E-state index in [2.05, 4.69) is 5.32 Å². The highest BCUT2D eigenvalue weighted by Gasteiger charge is 2.30. The maximum Gasteiger partial charge on any atom is 0.416 e. The predicted molar refractivity (Wildman–Crippen MR) is 73.7 cm³/mol. The van der Waals surface area contributed by atoms with Gasteiger partial charge < -0.3 is 10.2 Å². The molecule has 1 aromatic rings. The number of halogens is 3. The third-order valence-electron chi connectivity index (χ3n) is 3.73. The molecule has 1 saturated heterocycles. The number of hydrogen-bond donors (Lipinski definition) is 1. The van der Waals surface area contributed by atoms with E-state index in [0.717, 1.165) is 38.1 Å². The second-order valence-corrected chi connectivity index (χ2v) is 5.31. The lowest BCUT2D eigenvalue weighted by molar-refractivity contribution is -0.137. The fourth-order valence-corrected chi connectivity index (χ4v) is 2.42. The molecule has 1 aromatic carbocycles. The molecule has 3 nitrogen and oxygen atoms in total. The van der Waals surface area contributed by atoms with Gasteiger partial charge in [0.05, 0.1) is 12.1 Å². The number of amides is 1. The van der Waals surface area contributed by atoms with Crippen molar-refractivity contribution in [2.75, 3.05) is 19.6 Å². The molecule has 0 aromatic heterocycles. The summed E-state index contributed by atoms with van der Waals surface area (Å²) in [5.41, 5.74) is -0.140. The van der Waals surface area contributed by atoms with Gasteiger partial charge in [0.15, 0.2) is 0 Å². The molecule has 0 spiro atoms. The number of nitrogens with zero attached hydrogens (tertiary/aromatic N) is 1. The zero-order chi connectivity index (χ0) is 15.5. The maximum atomic E-state index is 12.7. The fourth-order valence-electron chi connectivity index (χ4n) is 2.42. The summed E-state index contributed by atoms with van der Waals surface area (Å²) in [6.45, 7) is 3.46. The molecule has 0 bridgehead atoms. The molecule has 0 radical (unpaired) electrons. The minimum absolute atomic E-state index is 0.00586. The topological polar surface area (TPSA) is 32.3 Å². The second-order valence-electron chi connectivity index (χ2n) is 5.31. The van der Waals surface area contributed by atoms with Gasteiger partial charge >= 0.3 is 6.18 Å².